The van der Waals surface area contributed by atoms with Gasteiger partial charge in [0.1, 0.15) is 0 Å². The van der Waals surface area contributed by atoms with E-state index in [2.05, 4.69) is 0 Å². The lowest BCUT2D eigenvalue weighted by Gasteiger charge is -2.31. The van der Waals surface area contributed by atoms with Gasteiger partial charge in [-0.25, -0.2) is 13.2 Å². The molecule has 0 atom stereocenters. The molecule has 0 aromatic heterocycles. The molecule has 2 rings (SSSR count). The molecule has 1 aliphatic carbocycles. The topological polar surface area (TPSA) is 20.3 Å². The van der Waals surface area contributed by atoms with E-state index in [0.29, 0.717) is 0 Å². The molecule has 1 aromatic rings. The number of nitrogens with zero attached hydrogens (tertiary/aromatic N) is 1. The van der Waals surface area contributed by atoms with E-state index in [1.54, 1.807) is 7.05 Å². The summed E-state index contributed by atoms with van der Waals surface area (Å²) in [5, 5.41) is 0. The van der Waals surface area contributed by atoms with Crippen LogP contribution >= 0.6 is 0 Å². The van der Waals surface area contributed by atoms with Crippen molar-refractivity contribution in [2.75, 3.05) is 7.05 Å². The molecule has 0 unspecified atom stereocenters. The van der Waals surface area contributed by atoms with Gasteiger partial charge in [-0.15, -0.1) is 0 Å². The first-order valence-electron chi connectivity index (χ1n) is 6.43. The normalized spacial score (nSPS) is 16.4. The van der Waals surface area contributed by atoms with Gasteiger partial charge in [-0.1, -0.05) is 19.3 Å². The summed E-state index contributed by atoms with van der Waals surface area (Å²) in [7, 11) is 1.58. The van der Waals surface area contributed by atoms with Crippen molar-refractivity contribution in [2.45, 2.75) is 38.1 Å². The predicted molar refractivity (Wildman–Crippen MR) is 65.3 cm³/mol. The van der Waals surface area contributed by atoms with Crippen molar-refractivity contribution in [3.05, 3.63) is 35.1 Å². The molecule has 1 aromatic carbocycles. The minimum Gasteiger partial charge on any atom is -0.339 e. The number of halogens is 3. The summed E-state index contributed by atoms with van der Waals surface area (Å²) in [5.74, 6) is -4.88. The average Bonchev–Trinajstić information content (AvgIpc) is 2.44. The van der Waals surface area contributed by atoms with Gasteiger partial charge in [0.2, 0.25) is 0 Å². The average molecular weight is 271 g/mol. The number of hydrogen-bond donors (Lipinski definition) is 0. The van der Waals surface area contributed by atoms with Gasteiger partial charge < -0.3 is 4.90 Å². The minimum absolute atomic E-state index is 0.0498. The summed E-state index contributed by atoms with van der Waals surface area (Å²) in [5.41, 5.74) is -0.410. The molecule has 0 aliphatic heterocycles. The number of carbonyl (C=O) groups is 1. The van der Waals surface area contributed by atoms with Crippen LogP contribution in [0.5, 0.6) is 0 Å². The molecule has 5 heteroatoms. The molecule has 0 heterocycles. The smallest absolute Gasteiger partial charge is 0.256 e. The highest BCUT2D eigenvalue weighted by Gasteiger charge is 2.26. The van der Waals surface area contributed by atoms with E-state index < -0.39 is 28.9 Å². The van der Waals surface area contributed by atoms with Crippen LogP contribution in [-0.4, -0.2) is 23.9 Å². The molecule has 1 aliphatic rings. The fraction of sp³-hybridized carbons (Fsp3) is 0.500. The number of amides is 1. The lowest BCUT2D eigenvalue weighted by molar-refractivity contribution is 0.0690. The van der Waals surface area contributed by atoms with Gasteiger partial charge in [0.05, 0.1) is 5.56 Å². The Balaban J connectivity index is 2.21. The van der Waals surface area contributed by atoms with Gasteiger partial charge in [-0.2, -0.15) is 0 Å². The van der Waals surface area contributed by atoms with Gasteiger partial charge in [-0.05, 0) is 25.0 Å². The van der Waals surface area contributed by atoms with Crippen molar-refractivity contribution in [3.8, 4) is 0 Å². The van der Waals surface area contributed by atoms with Crippen LogP contribution in [0.15, 0.2) is 12.1 Å². The third-order valence-electron chi connectivity index (χ3n) is 3.71. The first-order valence-corrected chi connectivity index (χ1v) is 6.43. The maximum Gasteiger partial charge on any atom is 0.256 e. The Bertz CT molecular complexity index is 484. The quantitative estimate of drug-likeness (QED) is 0.754. The monoisotopic (exact) mass is 271 g/mol. The molecule has 0 radical (unpaired) electrons. The number of rotatable bonds is 2. The summed E-state index contributed by atoms with van der Waals surface area (Å²) >= 11 is 0. The van der Waals surface area contributed by atoms with Gasteiger partial charge in [0, 0.05) is 13.1 Å². The Kier molecular flexibility index (Phi) is 4.12. The van der Waals surface area contributed by atoms with Crippen LogP contribution < -0.4 is 0 Å². The summed E-state index contributed by atoms with van der Waals surface area (Å²) < 4.78 is 39.6. The van der Waals surface area contributed by atoms with Gasteiger partial charge >= 0.3 is 0 Å². The van der Waals surface area contributed by atoms with Crippen LogP contribution in [0.25, 0.3) is 0 Å². The number of hydrogen-bond acceptors (Lipinski definition) is 1. The second-order valence-electron chi connectivity index (χ2n) is 4.93. The largest absolute Gasteiger partial charge is 0.339 e. The highest BCUT2D eigenvalue weighted by Crippen LogP contribution is 2.24. The summed E-state index contributed by atoms with van der Waals surface area (Å²) in [6.45, 7) is 0. The SMILES string of the molecule is CN(C(=O)c1ccc(F)c(F)c1F)C1CCCCC1. The zero-order valence-corrected chi connectivity index (χ0v) is 10.8. The lowest BCUT2D eigenvalue weighted by atomic mass is 9.94. The Morgan fingerprint density at radius 3 is 2.37 bits per heavy atom. The third-order valence-corrected chi connectivity index (χ3v) is 3.71. The van der Waals surface area contributed by atoms with Crippen molar-refractivity contribution in [1.82, 2.24) is 4.90 Å². The summed E-state index contributed by atoms with van der Waals surface area (Å²) in [6, 6.07) is 1.82. The molecule has 0 saturated heterocycles. The number of carbonyl (C=O) groups excluding carboxylic acids is 1. The fourth-order valence-electron chi connectivity index (χ4n) is 2.52. The standard InChI is InChI=1S/C14H16F3NO/c1-18(9-5-3-2-4-6-9)14(19)10-7-8-11(15)13(17)12(10)16/h7-9H,2-6H2,1H3. The second kappa shape index (κ2) is 5.63. The van der Waals surface area contributed by atoms with Crippen molar-refractivity contribution in [3.63, 3.8) is 0 Å². The van der Waals surface area contributed by atoms with Crippen LogP contribution in [0.2, 0.25) is 0 Å². The molecule has 1 fully saturated rings. The third kappa shape index (κ3) is 2.74. The zero-order valence-electron chi connectivity index (χ0n) is 10.8. The van der Waals surface area contributed by atoms with Crippen molar-refractivity contribution in [1.29, 1.82) is 0 Å². The van der Waals surface area contributed by atoms with Crippen LogP contribution in [0.4, 0.5) is 13.2 Å². The Morgan fingerprint density at radius 2 is 1.74 bits per heavy atom. The summed E-state index contributed by atoms with van der Waals surface area (Å²) in [4.78, 5) is 13.6. The van der Waals surface area contributed by atoms with E-state index >= 15 is 0 Å². The fourth-order valence-corrected chi connectivity index (χ4v) is 2.52. The molecule has 19 heavy (non-hydrogen) atoms. The Morgan fingerprint density at radius 1 is 1.11 bits per heavy atom. The molecule has 0 spiro atoms. The maximum absolute atomic E-state index is 13.6. The van der Waals surface area contributed by atoms with Gasteiger partial charge in [0.25, 0.3) is 5.91 Å². The Labute approximate surface area is 110 Å². The van der Waals surface area contributed by atoms with E-state index in [-0.39, 0.29) is 6.04 Å². The van der Waals surface area contributed by atoms with Crippen LogP contribution in [-0.2, 0) is 0 Å². The van der Waals surface area contributed by atoms with Crippen molar-refractivity contribution < 1.29 is 18.0 Å². The van der Waals surface area contributed by atoms with E-state index in [4.69, 9.17) is 0 Å². The molecule has 104 valence electrons. The van der Waals surface area contributed by atoms with E-state index in [1.165, 1.54) is 4.90 Å². The highest BCUT2D eigenvalue weighted by molar-refractivity contribution is 5.94. The molecule has 2 nitrogen and oxygen atoms in total. The van der Waals surface area contributed by atoms with Gasteiger partial charge in [0.15, 0.2) is 17.5 Å². The van der Waals surface area contributed by atoms with E-state index in [1.807, 2.05) is 0 Å². The first-order chi connectivity index (χ1) is 9.02. The first kappa shape index (κ1) is 13.9. The van der Waals surface area contributed by atoms with E-state index in [9.17, 15) is 18.0 Å². The van der Waals surface area contributed by atoms with Crippen molar-refractivity contribution in [2.24, 2.45) is 0 Å². The maximum atomic E-state index is 13.6. The zero-order chi connectivity index (χ0) is 14.0. The predicted octanol–water partition coefficient (Wildman–Crippen LogP) is 3.51. The molecule has 1 amide bonds. The lowest BCUT2D eigenvalue weighted by Crippen LogP contribution is -2.38. The number of benzene rings is 1. The molecule has 0 bridgehead atoms. The molecule has 0 N–H and O–H groups in total. The minimum atomic E-state index is -1.59. The van der Waals surface area contributed by atoms with Crippen LogP contribution in [0.3, 0.4) is 0 Å². The van der Waals surface area contributed by atoms with Crippen molar-refractivity contribution >= 4 is 5.91 Å². The summed E-state index contributed by atoms with van der Waals surface area (Å²) in [6.07, 6.45) is 4.93. The van der Waals surface area contributed by atoms with Crippen LogP contribution in [0, 0.1) is 17.5 Å². The molecular weight excluding hydrogens is 255 g/mol. The Hall–Kier alpha value is -1.52. The second-order valence-corrected chi connectivity index (χ2v) is 4.93. The van der Waals surface area contributed by atoms with Crippen LogP contribution in [0.1, 0.15) is 42.5 Å². The van der Waals surface area contributed by atoms with Gasteiger partial charge in [-0.3, -0.25) is 4.79 Å². The van der Waals surface area contributed by atoms with E-state index in [0.717, 1.165) is 44.2 Å². The molecule has 1 saturated carbocycles. The molecular formula is C14H16F3NO. The highest BCUT2D eigenvalue weighted by atomic mass is 19.2.